The molecule has 1 aliphatic rings. The molecule has 1 fully saturated rings. The van der Waals surface area contributed by atoms with Crippen molar-refractivity contribution in [2.24, 2.45) is 0 Å². The highest BCUT2D eigenvalue weighted by Gasteiger charge is 2.33. The number of hydrogen-bond acceptors (Lipinski definition) is 3. The molecule has 98 valence electrons. The van der Waals surface area contributed by atoms with Crippen molar-refractivity contribution in [3.63, 3.8) is 0 Å². The molecule has 0 radical (unpaired) electrons. The summed E-state index contributed by atoms with van der Waals surface area (Å²) in [7, 11) is 0. The molecule has 0 unspecified atom stereocenters. The minimum Gasteiger partial charge on any atom is -0.394 e. The highest BCUT2D eigenvalue weighted by molar-refractivity contribution is 5.94. The minimum absolute atomic E-state index is 0.0167. The summed E-state index contributed by atoms with van der Waals surface area (Å²) in [6.07, 6.45) is 6.67. The third kappa shape index (κ3) is 2.88. The maximum atomic E-state index is 12.2. The summed E-state index contributed by atoms with van der Waals surface area (Å²) in [5, 5.41) is 12.6. The lowest BCUT2D eigenvalue weighted by molar-refractivity contribution is 0.0758. The first-order chi connectivity index (χ1) is 8.65. The molecule has 0 bridgehead atoms. The molecule has 0 aliphatic heterocycles. The summed E-state index contributed by atoms with van der Waals surface area (Å²) in [5.74, 6) is -0.114. The standard InChI is InChI=1S/C14H20N2O2/c1-11-9-12(5-8-15-11)13(18)16-14(10-17)6-3-2-4-7-14/h5,8-9,17H,2-4,6-7,10H2,1H3,(H,16,18). The fourth-order valence-electron chi connectivity index (χ4n) is 2.55. The van der Waals surface area contributed by atoms with Crippen LogP contribution in [-0.4, -0.2) is 28.1 Å². The monoisotopic (exact) mass is 248 g/mol. The summed E-state index contributed by atoms with van der Waals surface area (Å²) in [5.41, 5.74) is 1.01. The number of carbonyl (C=O) groups excluding carboxylic acids is 1. The summed E-state index contributed by atoms with van der Waals surface area (Å²) in [6, 6.07) is 3.47. The topological polar surface area (TPSA) is 62.2 Å². The van der Waals surface area contributed by atoms with Crippen molar-refractivity contribution in [2.75, 3.05) is 6.61 Å². The van der Waals surface area contributed by atoms with Crippen molar-refractivity contribution in [2.45, 2.75) is 44.6 Å². The zero-order valence-electron chi connectivity index (χ0n) is 10.8. The molecular weight excluding hydrogens is 228 g/mol. The predicted molar refractivity (Wildman–Crippen MR) is 69.3 cm³/mol. The van der Waals surface area contributed by atoms with Crippen LogP contribution in [0.2, 0.25) is 0 Å². The van der Waals surface area contributed by atoms with Gasteiger partial charge in [0.1, 0.15) is 0 Å². The Morgan fingerprint density at radius 1 is 1.44 bits per heavy atom. The van der Waals surface area contributed by atoms with Crippen molar-refractivity contribution in [1.82, 2.24) is 10.3 Å². The summed E-state index contributed by atoms with van der Waals surface area (Å²) in [4.78, 5) is 16.3. The number of hydrogen-bond donors (Lipinski definition) is 2. The second-order valence-electron chi connectivity index (χ2n) is 5.14. The van der Waals surface area contributed by atoms with Gasteiger partial charge < -0.3 is 10.4 Å². The Hall–Kier alpha value is -1.42. The van der Waals surface area contributed by atoms with Crippen LogP contribution in [-0.2, 0) is 0 Å². The van der Waals surface area contributed by atoms with E-state index in [9.17, 15) is 9.90 Å². The van der Waals surface area contributed by atoms with E-state index < -0.39 is 5.54 Å². The van der Waals surface area contributed by atoms with Crippen LogP contribution in [0.15, 0.2) is 18.3 Å². The van der Waals surface area contributed by atoms with Crippen LogP contribution in [0.5, 0.6) is 0 Å². The fraction of sp³-hybridized carbons (Fsp3) is 0.571. The Morgan fingerprint density at radius 3 is 2.78 bits per heavy atom. The van der Waals surface area contributed by atoms with Gasteiger partial charge in [0, 0.05) is 17.5 Å². The van der Waals surface area contributed by atoms with Crippen molar-refractivity contribution in [1.29, 1.82) is 0 Å². The number of nitrogens with zero attached hydrogens (tertiary/aromatic N) is 1. The third-order valence-electron chi connectivity index (χ3n) is 3.65. The Morgan fingerprint density at radius 2 is 2.17 bits per heavy atom. The van der Waals surface area contributed by atoms with Gasteiger partial charge in [-0.2, -0.15) is 0 Å². The number of nitrogens with one attached hydrogen (secondary N) is 1. The van der Waals surface area contributed by atoms with Gasteiger partial charge in [0.2, 0.25) is 0 Å². The van der Waals surface area contributed by atoms with E-state index in [0.29, 0.717) is 5.56 Å². The van der Waals surface area contributed by atoms with E-state index >= 15 is 0 Å². The van der Waals surface area contributed by atoms with E-state index in [-0.39, 0.29) is 12.5 Å². The number of amides is 1. The Balaban J connectivity index is 2.10. The first-order valence-electron chi connectivity index (χ1n) is 6.51. The highest BCUT2D eigenvalue weighted by atomic mass is 16.3. The van der Waals surface area contributed by atoms with Crippen molar-refractivity contribution < 1.29 is 9.90 Å². The van der Waals surface area contributed by atoms with Crippen LogP contribution in [0.4, 0.5) is 0 Å². The van der Waals surface area contributed by atoms with Gasteiger partial charge in [-0.15, -0.1) is 0 Å². The minimum atomic E-state index is -0.424. The number of aliphatic hydroxyl groups excluding tert-OH is 1. The summed E-state index contributed by atoms with van der Waals surface area (Å²) in [6.45, 7) is 1.88. The van der Waals surface area contributed by atoms with Crippen molar-refractivity contribution in [3.8, 4) is 0 Å². The first kappa shape index (κ1) is 13.0. The number of aromatic nitrogens is 1. The van der Waals surface area contributed by atoms with E-state index in [1.165, 1.54) is 6.42 Å². The van der Waals surface area contributed by atoms with Gasteiger partial charge in [0.25, 0.3) is 5.91 Å². The summed E-state index contributed by atoms with van der Waals surface area (Å²) >= 11 is 0. The van der Waals surface area contributed by atoms with Gasteiger partial charge in [-0.3, -0.25) is 9.78 Å². The van der Waals surface area contributed by atoms with Gasteiger partial charge in [0.15, 0.2) is 0 Å². The van der Waals surface area contributed by atoms with Gasteiger partial charge in [-0.05, 0) is 31.9 Å². The zero-order chi connectivity index (χ0) is 13.0. The molecule has 4 nitrogen and oxygen atoms in total. The van der Waals surface area contributed by atoms with Crippen molar-refractivity contribution >= 4 is 5.91 Å². The average Bonchev–Trinajstić information content (AvgIpc) is 2.40. The molecule has 1 aromatic rings. The van der Waals surface area contributed by atoms with Crippen LogP contribution >= 0.6 is 0 Å². The second kappa shape index (κ2) is 5.48. The van der Waals surface area contributed by atoms with Crippen LogP contribution in [0.1, 0.15) is 48.2 Å². The molecule has 2 rings (SSSR count). The molecule has 0 atom stereocenters. The van der Waals surface area contributed by atoms with Crippen LogP contribution in [0.3, 0.4) is 0 Å². The molecule has 1 heterocycles. The van der Waals surface area contributed by atoms with E-state index in [4.69, 9.17) is 0 Å². The number of pyridine rings is 1. The summed E-state index contributed by atoms with van der Waals surface area (Å²) < 4.78 is 0. The van der Waals surface area contributed by atoms with Gasteiger partial charge >= 0.3 is 0 Å². The van der Waals surface area contributed by atoms with E-state index in [1.54, 1.807) is 18.3 Å². The average molecular weight is 248 g/mol. The smallest absolute Gasteiger partial charge is 0.251 e. The fourth-order valence-corrected chi connectivity index (χ4v) is 2.55. The van der Waals surface area contributed by atoms with Crippen LogP contribution in [0, 0.1) is 6.92 Å². The Kier molecular flexibility index (Phi) is 3.97. The molecule has 0 spiro atoms. The normalized spacial score (nSPS) is 18.3. The molecule has 18 heavy (non-hydrogen) atoms. The maximum absolute atomic E-state index is 12.2. The molecule has 2 N–H and O–H groups in total. The molecular formula is C14H20N2O2. The van der Waals surface area contributed by atoms with Crippen LogP contribution in [0.25, 0.3) is 0 Å². The number of carbonyl (C=O) groups is 1. The van der Waals surface area contributed by atoms with E-state index in [2.05, 4.69) is 10.3 Å². The van der Waals surface area contributed by atoms with Gasteiger partial charge in [-0.25, -0.2) is 0 Å². The van der Waals surface area contributed by atoms with E-state index in [0.717, 1.165) is 31.4 Å². The highest BCUT2D eigenvalue weighted by Crippen LogP contribution is 2.28. The van der Waals surface area contributed by atoms with Crippen molar-refractivity contribution in [3.05, 3.63) is 29.6 Å². The molecule has 4 heteroatoms. The largest absolute Gasteiger partial charge is 0.394 e. The SMILES string of the molecule is Cc1cc(C(=O)NC2(CO)CCCCC2)ccn1. The lowest BCUT2D eigenvalue weighted by Crippen LogP contribution is -2.52. The van der Waals surface area contributed by atoms with E-state index in [1.807, 2.05) is 6.92 Å². The Bertz CT molecular complexity index is 426. The number of aryl methyl sites for hydroxylation is 1. The lowest BCUT2D eigenvalue weighted by Gasteiger charge is -2.36. The molecule has 1 amide bonds. The number of rotatable bonds is 3. The zero-order valence-corrected chi connectivity index (χ0v) is 10.8. The molecule has 0 saturated heterocycles. The maximum Gasteiger partial charge on any atom is 0.251 e. The molecule has 0 aromatic carbocycles. The molecule has 1 saturated carbocycles. The molecule has 1 aromatic heterocycles. The first-order valence-corrected chi connectivity index (χ1v) is 6.51. The van der Waals surface area contributed by atoms with Crippen LogP contribution < -0.4 is 5.32 Å². The quantitative estimate of drug-likeness (QED) is 0.857. The van der Waals surface area contributed by atoms with Gasteiger partial charge in [-0.1, -0.05) is 19.3 Å². The Labute approximate surface area is 107 Å². The molecule has 1 aliphatic carbocycles. The lowest BCUT2D eigenvalue weighted by atomic mass is 9.82. The third-order valence-corrected chi connectivity index (χ3v) is 3.65. The number of aliphatic hydroxyl groups is 1. The van der Waals surface area contributed by atoms with Gasteiger partial charge in [0.05, 0.1) is 12.1 Å². The predicted octanol–water partition coefficient (Wildman–Crippen LogP) is 1.82. The second-order valence-corrected chi connectivity index (χ2v) is 5.14.